The van der Waals surface area contributed by atoms with Gasteiger partial charge < -0.3 is 10.1 Å². The molecule has 140 valence electrons. The second kappa shape index (κ2) is 7.97. The Hall–Kier alpha value is -2.25. The number of carbonyl (C=O) groups is 1. The Balaban J connectivity index is 2.43. The molecule has 0 spiro atoms. The highest BCUT2D eigenvalue weighted by atomic mass is 35.5. The van der Waals surface area contributed by atoms with Gasteiger partial charge in [0.1, 0.15) is 5.75 Å². The van der Waals surface area contributed by atoms with Gasteiger partial charge in [-0.1, -0.05) is 17.7 Å². The minimum absolute atomic E-state index is 0.0495. The fourth-order valence-electron chi connectivity index (χ4n) is 2.29. The molecule has 2 aromatic carbocycles. The molecule has 6 nitrogen and oxygen atoms in total. The van der Waals surface area contributed by atoms with Gasteiger partial charge in [0.15, 0.2) is 0 Å². The van der Waals surface area contributed by atoms with Crippen LogP contribution in [0.4, 0.5) is 5.69 Å². The Morgan fingerprint density at radius 3 is 2.50 bits per heavy atom. The lowest BCUT2D eigenvalue weighted by Gasteiger charge is -2.15. The van der Waals surface area contributed by atoms with Crippen LogP contribution in [0, 0.1) is 6.92 Å². The molecule has 0 atom stereocenters. The van der Waals surface area contributed by atoms with Gasteiger partial charge in [0, 0.05) is 11.1 Å². The third kappa shape index (κ3) is 4.47. The molecule has 2 rings (SSSR count). The molecule has 0 heterocycles. The lowest BCUT2D eigenvalue weighted by atomic mass is 10.2. The predicted molar refractivity (Wildman–Crippen MR) is 103 cm³/mol. The SMILES string of the molecule is COc1ccc(S(=O)(=O)Nc2cccc(Cl)c2C)cc1C(=O)NC(C)C. The number of carbonyl (C=O) groups excluding carboxylic acids is 1. The van der Waals surface area contributed by atoms with E-state index in [-0.39, 0.29) is 16.5 Å². The van der Waals surface area contributed by atoms with Gasteiger partial charge >= 0.3 is 0 Å². The van der Waals surface area contributed by atoms with Gasteiger partial charge in [0.05, 0.1) is 23.3 Å². The first-order valence-electron chi connectivity index (χ1n) is 7.92. The molecule has 0 aliphatic carbocycles. The Kier molecular flexibility index (Phi) is 6.15. The zero-order valence-corrected chi connectivity index (χ0v) is 16.5. The van der Waals surface area contributed by atoms with Gasteiger partial charge in [-0.3, -0.25) is 9.52 Å². The summed E-state index contributed by atoms with van der Waals surface area (Å²) in [5.74, 6) is -0.117. The highest BCUT2D eigenvalue weighted by Gasteiger charge is 2.21. The van der Waals surface area contributed by atoms with Crippen LogP contribution in [-0.4, -0.2) is 27.5 Å². The van der Waals surface area contributed by atoms with Gasteiger partial charge in [-0.15, -0.1) is 0 Å². The number of amides is 1. The molecule has 2 N–H and O–H groups in total. The maximum Gasteiger partial charge on any atom is 0.261 e. The third-order valence-corrected chi connectivity index (χ3v) is 5.43. The molecule has 0 saturated carbocycles. The molecule has 0 unspecified atom stereocenters. The molecule has 0 saturated heterocycles. The number of hydrogen-bond acceptors (Lipinski definition) is 4. The molecule has 0 fully saturated rings. The van der Waals surface area contributed by atoms with Gasteiger partial charge in [-0.25, -0.2) is 8.42 Å². The quantitative estimate of drug-likeness (QED) is 0.781. The maximum absolute atomic E-state index is 12.7. The van der Waals surface area contributed by atoms with Crippen molar-refractivity contribution < 1.29 is 17.9 Å². The van der Waals surface area contributed by atoms with E-state index in [1.807, 2.05) is 13.8 Å². The first-order chi connectivity index (χ1) is 12.2. The van der Waals surface area contributed by atoms with Crippen LogP contribution in [0.25, 0.3) is 0 Å². The minimum Gasteiger partial charge on any atom is -0.496 e. The Bertz CT molecular complexity index is 927. The summed E-state index contributed by atoms with van der Waals surface area (Å²) in [4.78, 5) is 12.3. The van der Waals surface area contributed by atoms with Crippen LogP contribution in [-0.2, 0) is 10.0 Å². The molecular formula is C18H21ClN2O4S. The largest absolute Gasteiger partial charge is 0.496 e. The summed E-state index contributed by atoms with van der Waals surface area (Å²) in [6, 6.07) is 8.98. The second-order valence-electron chi connectivity index (χ2n) is 6.01. The van der Waals surface area contributed by atoms with E-state index in [1.54, 1.807) is 25.1 Å². The molecule has 1 amide bonds. The summed E-state index contributed by atoms with van der Waals surface area (Å²) in [6.45, 7) is 5.35. The topological polar surface area (TPSA) is 84.5 Å². The number of nitrogens with one attached hydrogen (secondary N) is 2. The number of hydrogen-bond donors (Lipinski definition) is 2. The minimum atomic E-state index is -3.91. The van der Waals surface area contributed by atoms with Crippen LogP contribution in [0.3, 0.4) is 0 Å². The highest BCUT2D eigenvalue weighted by molar-refractivity contribution is 7.92. The smallest absolute Gasteiger partial charge is 0.261 e. The Morgan fingerprint density at radius 1 is 1.19 bits per heavy atom. The van der Waals surface area contributed by atoms with Gasteiger partial charge in [0.2, 0.25) is 0 Å². The van der Waals surface area contributed by atoms with Crippen LogP contribution < -0.4 is 14.8 Å². The van der Waals surface area contributed by atoms with Crippen molar-refractivity contribution >= 4 is 33.2 Å². The van der Waals surface area contributed by atoms with E-state index in [0.29, 0.717) is 22.0 Å². The average molecular weight is 397 g/mol. The van der Waals surface area contributed by atoms with Crippen molar-refractivity contribution in [1.82, 2.24) is 5.32 Å². The zero-order valence-electron chi connectivity index (χ0n) is 15.0. The molecule has 0 aliphatic heterocycles. The number of anilines is 1. The summed E-state index contributed by atoms with van der Waals surface area (Å²) < 4.78 is 33.1. The van der Waals surface area contributed by atoms with Crippen molar-refractivity contribution in [3.05, 3.63) is 52.5 Å². The molecule has 8 heteroatoms. The van der Waals surface area contributed by atoms with E-state index in [4.69, 9.17) is 16.3 Å². The van der Waals surface area contributed by atoms with Crippen molar-refractivity contribution in [3.63, 3.8) is 0 Å². The summed E-state index contributed by atoms with van der Waals surface area (Å²) >= 11 is 6.04. The van der Waals surface area contributed by atoms with Gasteiger partial charge in [-0.2, -0.15) is 0 Å². The van der Waals surface area contributed by atoms with Crippen molar-refractivity contribution in [1.29, 1.82) is 0 Å². The maximum atomic E-state index is 12.7. The summed E-state index contributed by atoms with van der Waals surface area (Å²) in [6.07, 6.45) is 0. The molecule has 26 heavy (non-hydrogen) atoms. The van der Waals surface area contributed by atoms with Gasteiger partial charge in [0.25, 0.3) is 15.9 Å². The van der Waals surface area contributed by atoms with Crippen LogP contribution in [0.2, 0.25) is 5.02 Å². The predicted octanol–water partition coefficient (Wildman–Crippen LogP) is 3.60. The standard InChI is InChI=1S/C18H21ClN2O4S/c1-11(2)20-18(22)14-10-13(8-9-17(14)25-4)26(23,24)21-16-7-5-6-15(19)12(16)3/h5-11,21H,1-4H3,(H,20,22). The van der Waals surface area contributed by atoms with E-state index in [1.165, 1.54) is 25.3 Å². The van der Waals surface area contributed by atoms with Crippen LogP contribution in [0.15, 0.2) is 41.3 Å². The van der Waals surface area contributed by atoms with E-state index >= 15 is 0 Å². The van der Waals surface area contributed by atoms with E-state index < -0.39 is 15.9 Å². The van der Waals surface area contributed by atoms with Gasteiger partial charge in [-0.05, 0) is 56.7 Å². The summed E-state index contributed by atoms with van der Waals surface area (Å²) in [5, 5.41) is 3.18. The van der Waals surface area contributed by atoms with E-state index in [2.05, 4.69) is 10.0 Å². The summed E-state index contributed by atoms with van der Waals surface area (Å²) in [5.41, 5.74) is 1.14. The number of rotatable bonds is 6. The number of sulfonamides is 1. The fourth-order valence-corrected chi connectivity index (χ4v) is 3.62. The van der Waals surface area contributed by atoms with Crippen molar-refractivity contribution in [2.24, 2.45) is 0 Å². The molecular weight excluding hydrogens is 376 g/mol. The Labute approximate surface area is 158 Å². The van der Waals surface area contributed by atoms with Crippen LogP contribution >= 0.6 is 11.6 Å². The fraction of sp³-hybridized carbons (Fsp3) is 0.278. The number of methoxy groups -OCH3 is 1. The van der Waals surface area contributed by atoms with E-state index in [0.717, 1.165) is 0 Å². The summed E-state index contributed by atoms with van der Waals surface area (Å²) in [7, 11) is -2.49. The molecule has 0 aliphatic rings. The van der Waals surface area contributed by atoms with Crippen molar-refractivity contribution in [2.75, 3.05) is 11.8 Å². The van der Waals surface area contributed by atoms with Crippen LogP contribution in [0.5, 0.6) is 5.75 Å². The lowest BCUT2D eigenvalue weighted by Crippen LogP contribution is -2.30. The number of ether oxygens (including phenoxy) is 1. The number of benzene rings is 2. The molecule has 0 radical (unpaired) electrons. The normalized spacial score (nSPS) is 11.3. The first kappa shape index (κ1) is 20.1. The van der Waals surface area contributed by atoms with E-state index in [9.17, 15) is 13.2 Å². The molecule has 0 aromatic heterocycles. The van der Waals surface area contributed by atoms with Crippen LogP contribution in [0.1, 0.15) is 29.8 Å². The zero-order chi connectivity index (χ0) is 19.5. The molecule has 0 bridgehead atoms. The first-order valence-corrected chi connectivity index (χ1v) is 9.78. The van der Waals surface area contributed by atoms with Crippen molar-refractivity contribution in [2.45, 2.75) is 31.7 Å². The third-order valence-electron chi connectivity index (χ3n) is 3.66. The van der Waals surface area contributed by atoms with Crippen molar-refractivity contribution in [3.8, 4) is 5.75 Å². The Morgan fingerprint density at radius 2 is 1.88 bits per heavy atom. The molecule has 2 aromatic rings. The average Bonchev–Trinajstić information content (AvgIpc) is 2.57. The second-order valence-corrected chi connectivity index (χ2v) is 8.10. The monoisotopic (exact) mass is 396 g/mol. The number of halogens is 1. The highest BCUT2D eigenvalue weighted by Crippen LogP contribution is 2.27. The lowest BCUT2D eigenvalue weighted by molar-refractivity contribution is 0.0940.